The van der Waals surface area contributed by atoms with Crippen molar-refractivity contribution < 1.29 is 14.2 Å². The Labute approximate surface area is 138 Å². The molecule has 0 saturated heterocycles. The number of hydrogen-bond donors (Lipinski definition) is 1. The fraction of sp³-hybridized carbons (Fsp3) is 0.368. The number of methoxy groups -OCH3 is 2. The Hall–Kier alpha value is -2.20. The minimum Gasteiger partial charge on any atom is -0.497 e. The fourth-order valence-corrected chi connectivity index (χ4v) is 2.49. The van der Waals surface area contributed by atoms with Gasteiger partial charge in [0.05, 0.1) is 20.8 Å². The van der Waals surface area contributed by atoms with Crippen LogP contribution in [0.2, 0.25) is 0 Å². The van der Waals surface area contributed by atoms with Crippen molar-refractivity contribution in [3.63, 3.8) is 0 Å². The molecule has 0 aromatic heterocycles. The maximum Gasteiger partial charge on any atom is 0.119 e. The molecule has 0 heterocycles. The molecule has 2 N–H and O–H groups in total. The molecule has 0 amide bonds. The summed E-state index contributed by atoms with van der Waals surface area (Å²) in [7, 11) is 3.33. The molecule has 0 aliphatic heterocycles. The first kappa shape index (κ1) is 17.2. The van der Waals surface area contributed by atoms with E-state index < -0.39 is 0 Å². The molecule has 0 fully saturated rings. The van der Waals surface area contributed by atoms with Crippen LogP contribution in [0.4, 0.5) is 0 Å². The largest absolute Gasteiger partial charge is 0.497 e. The van der Waals surface area contributed by atoms with Gasteiger partial charge in [0, 0.05) is 0 Å². The lowest BCUT2D eigenvalue weighted by molar-refractivity contribution is 0.301. The quantitative estimate of drug-likeness (QED) is 0.718. The standard InChI is InChI=1S/C19H25NO3/c1-21-17-7-5-15(6-8-17)16(14-20)4-3-13-23-19-11-9-18(22-2)10-12-19/h5-12,16H,3-4,13-14,20H2,1-2H3. The summed E-state index contributed by atoms with van der Waals surface area (Å²) in [4.78, 5) is 0. The molecular weight excluding hydrogens is 290 g/mol. The van der Waals surface area contributed by atoms with Crippen molar-refractivity contribution in [3.8, 4) is 17.2 Å². The Morgan fingerprint density at radius 3 is 1.87 bits per heavy atom. The van der Waals surface area contributed by atoms with Gasteiger partial charge in [-0.2, -0.15) is 0 Å². The molecule has 124 valence electrons. The van der Waals surface area contributed by atoms with Crippen molar-refractivity contribution in [3.05, 3.63) is 54.1 Å². The van der Waals surface area contributed by atoms with E-state index in [4.69, 9.17) is 19.9 Å². The van der Waals surface area contributed by atoms with Crippen molar-refractivity contribution in [1.82, 2.24) is 0 Å². The van der Waals surface area contributed by atoms with Crippen LogP contribution in [0.5, 0.6) is 17.2 Å². The maximum absolute atomic E-state index is 5.91. The average molecular weight is 315 g/mol. The van der Waals surface area contributed by atoms with Crippen LogP contribution in [0.15, 0.2) is 48.5 Å². The van der Waals surface area contributed by atoms with Crippen LogP contribution in [0.25, 0.3) is 0 Å². The van der Waals surface area contributed by atoms with Gasteiger partial charge in [-0.1, -0.05) is 12.1 Å². The van der Waals surface area contributed by atoms with E-state index in [1.54, 1.807) is 14.2 Å². The van der Waals surface area contributed by atoms with Crippen LogP contribution >= 0.6 is 0 Å². The second-order valence-corrected chi connectivity index (χ2v) is 5.37. The fourth-order valence-electron chi connectivity index (χ4n) is 2.49. The third kappa shape index (κ3) is 5.18. The lowest BCUT2D eigenvalue weighted by Gasteiger charge is -2.16. The number of benzene rings is 2. The third-order valence-electron chi connectivity index (χ3n) is 3.90. The molecule has 4 nitrogen and oxygen atoms in total. The minimum absolute atomic E-state index is 0.348. The van der Waals surface area contributed by atoms with Crippen LogP contribution in [0, 0.1) is 0 Å². The summed E-state index contributed by atoms with van der Waals surface area (Å²) in [6, 6.07) is 15.8. The van der Waals surface area contributed by atoms with E-state index >= 15 is 0 Å². The Balaban J connectivity index is 1.78. The molecule has 2 aromatic carbocycles. The van der Waals surface area contributed by atoms with E-state index in [2.05, 4.69) is 12.1 Å². The first-order valence-electron chi connectivity index (χ1n) is 7.87. The van der Waals surface area contributed by atoms with Crippen LogP contribution in [0.1, 0.15) is 24.3 Å². The van der Waals surface area contributed by atoms with Crippen molar-refractivity contribution in [1.29, 1.82) is 0 Å². The zero-order valence-electron chi connectivity index (χ0n) is 13.8. The smallest absolute Gasteiger partial charge is 0.119 e. The van der Waals surface area contributed by atoms with Crippen LogP contribution < -0.4 is 19.9 Å². The topological polar surface area (TPSA) is 53.7 Å². The molecule has 1 atom stereocenters. The molecule has 23 heavy (non-hydrogen) atoms. The SMILES string of the molecule is COc1ccc(OCCCC(CN)c2ccc(OC)cc2)cc1. The molecule has 0 bridgehead atoms. The maximum atomic E-state index is 5.91. The summed E-state index contributed by atoms with van der Waals surface area (Å²) in [5.41, 5.74) is 7.16. The van der Waals surface area contributed by atoms with Gasteiger partial charge in [0.25, 0.3) is 0 Å². The van der Waals surface area contributed by atoms with Crippen molar-refractivity contribution in [2.24, 2.45) is 5.73 Å². The highest BCUT2D eigenvalue weighted by molar-refractivity contribution is 5.31. The second-order valence-electron chi connectivity index (χ2n) is 5.37. The number of ether oxygens (including phenoxy) is 3. The van der Waals surface area contributed by atoms with E-state index in [0.717, 1.165) is 30.1 Å². The summed E-state index contributed by atoms with van der Waals surface area (Å²) in [5, 5.41) is 0. The lowest BCUT2D eigenvalue weighted by atomic mass is 9.94. The zero-order chi connectivity index (χ0) is 16.5. The van der Waals surface area contributed by atoms with Gasteiger partial charge in [0.1, 0.15) is 17.2 Å². The molecule has 0 spiro atoms. The van der Waals surface area contributed by atoms with Crippen molar-refractivity contribution >= 4 is 0 Å². The normalized spacial score (nSPS) is 11.8. The van der Waals surface area contributed by atoms with Gasteiger partial charge in [-0.25, -0.2) is 0 Å². The molecular formula is C19H25NO3. The number of rotatable bonds is 9. The van der Waals surface area contributed by atoms with Gasteiger partial charge in [0.15, 0.2) is 0 Å². The predicted molar refractivity (Wildman–Crippen MR) is 92.5 cm³/mol. The Morgan fingerprint density at radius 1 is 0.826 bits per heavy atom. The van der Waals surface area contributed by atoms with Crippen molar-refractivity contribution in [2.45, 2.75) is 18.8 Å². The molecule has 2 rings (SSSR count). The summed E-state index contributed by atoms with van der Waals surface area (Å²) >= 11 is 0. The summed E-state index contributed by atoms with van der Waals surface area (Å²) < 4.78 is 16.1. The third-order valence-corrected chi connectivity index (χ3v) is 3.90. The summed E-state index contributed by atoms with van der Waals surface area (Å²) in [5.74, 6) is 2.91. The zero-order valence-corrected chi connectivity index (χ0v) is 13.8. The summed E-state index contributed by atoms with van der Waals surface area (Å²) in [6.07, 6.45) is 1.96. The molecule has 0 saturated carbocycles. The van der Waals surface area contributed by atoms with Crippen molar-refractivity contribution in [2.75, 3.05) is 27.4 Å². The number of hydrogen-bond acceptors (Lipinski definition) is 4. The van der Waals surface area contributed by atoms with Crippen LogP contribution in [-0.4, -0.2) is 27.4 Å². The minimum atomic E-state index is 0.348. The first-order chi connectivity index (χ1) is 11.3. The molecule has 1 unspecified atom stereocenters. The predicted octanol–water partition coefficient (Wildman–Crippen LogP) is 3.61. The molecule has 4 heteroatoms. The monoisotopic (exact) mass is 315 g/mol. The van der Waals surface area contributed by atoms with Gasteiger partial charge >= 0.3 is 0 Å². The molecule has 2 aromatic rings. The Kier molecular flexibility index (Phi) is 6.76. The highest BCUT2D eigenvalue weighted by Crippen LogP contribution is 2.23. The Bertz CT molecular complexity index is 566. The van der Waals surface area contributed by atoms with Gasteiger partial charge in [-0.15, -0.1) is 0 Å². The molecule has 0 aliphatic rings. The number of nitrogens with two attached hydrogens (primary N) is 1. The molecule has 0 radical (unpaired) electrons. The lowest BCUT2D eigenvalue weighted by Crippen LogP contribution is -2.13. The summed E-state index contributed by atoms with van der Waals surface area (Å²) in [6.45, 7) is 1.31. The van der Waals surface area contributed by atoms with E-state index in [1.165, 1.54) is 5.56 Å². The van der Waals surface area contributed by atoms with E-state index in [9.17, 15) is 0 Å². The van der Waals surface area contributed by atoms with Gasteiger partial charge < -0.3 is 19.9 Å². The average Bonchev–Trinajstić information content (AvgIpc) is 2.62. The van der Waals surface area contributed by atoms with Gasteiger partial charge in [0.2, 0.25) is 0 Å². The van der Waals surface area contributed by atoms with E-state index in [1.807, 2.05) is 36.4 Å². The van der Waals surface area contributed by atoms with Crippen LogP contribution in [0.3, 0.4) is 0 Å². The highest BCUT2D eigenvalue weighted by atomic mass is 16.5. The molecule has 0 aliphatic carbocycles. The first-order valence-corrected chi connectivity index (χ1v) is 7.87. The van der Waals surface area contributed by atoms with E-state index in [-0.39, 0.29) is 0 Å². The van der Waals surface area contributed by atoms with Gasteiger partial charge in [-0.3, -0.25) is 0 Å². The second kappa shape index (κ2) is 9.06. The van der Waals surface area contributed by atoms with Crippen LogP contribution in [-0.2, 0) is 0 Å². The highest BCUT2D eigenvalue weighted by Gasteiger charge is 2.09. The van der Waals surface area contributed by atoms with E-state index in [0.29, 0.717) is 19.1 Å². The van der Waals surface area contributed by atoms with Gasteiger partial charge in [-0.05, 0) is 67.3 Å². The Morgan fingerprint density at radius 2 is 1.35 bits per heavy atom.